The van der Waals surface area contributed by atoms with Crippen molar-refractivity contribution in [2.24, 2.45) is 11.1 Å². The van der Waals surface area contributed by atoms with E-state index in [0.717, 1.165) is 0 Å². The Morgan fingerprint density at radius 3 is 2.27 bits per heavy atom. The van der Waals surface area contributed by atoms with Crippen LogP contribution in [0.3, 0.4) is 0 Å². The van der Waals surface area contributed by atoms with Gasteiger partial charge in [0, 0.05) is 6.54 Å². The Labute approximate surface area is 70.0 Å². The Morgan fingerprint density at radius 2 is 1.91 bits per heavy atom. The largest absolute Gasteiger partial charge is 0.327 e. The molecule has 1 nitrogen and oxygen atoms in total. The van der Waals surface area contributed by atoms with Crippen LogP contribution in [0.25, 0.3) is 0 Å². The van der Waals surface area contributed by atoms with Gasteiger partial charge in [-0.1, -0.05) is 44.6 Å². The molecule has 0 heterocycles. The molecule has 0 bridgehead atoms. The molecule has 0 fully saturated rings. The Morgan fingerprint density at radius 1 is 1.36 bits per heavy atom. The van der Waals surface area contributed by atoms with E-state index in [1.54, 1.807) is 0 Å². The zero-order valence-electron chi connectivity index (χ0n) is 8.02. The number of allylic oxidation sites excluding steroid dienone is 3. The third-order valence-electron chi connectivity index (χ3n) is 1.29. The van der Waals surface area contributed by atoms with Crippen molar-refractivity contribution in [1.29, 1.82) is 0 Å². The van der Waals surface area contributed by atoms with Crippen molar-refractivity contribution >= 4 is 0 Å². The van der Waals surface area contributed by atoms with E-state index in [4.69, 9.17) is 5.73 Å². The molecule has 1 heteroatoms. The summed E-state index contributed by atoms with van der Waals surface area (Å²) in [6.45, 7) is 9.23. The molecule has 0 aromatic rings. The SMILES string of the molecule is CC(/C=C\C(C)(C)C)=C/CN. The van der Waals surface area contributed by atoms with E-state index in [9.17, 15) is 0 Å². The van der Waals surface area contributed by atoms with Crippen molar-refractivity contribution in [1.82, 2.24) is 0 Å². The Kier molecular flexibility index (Phi) is 4.12. The second kappa shape index (κ2) is 4.35. The summed E-state index contributed by atoms with van der Waals surface area (Å²) in [7, 11) is 0. The van der Waals surface area contributed by atoms with Gasteiger partial charge in [0.15, 0.2) is 0 Å². The maximum Gasteiger partial charge on any atom is 0.0112 e. The molecule has 0 aliphatic heterocycles. The van der Waals surface area contributed by atoms with E-state index in [-0.39, 0.29) is 5.41 Å². The lowest BCUT2D eigenvalue weighted by atomic mass is 9.95. The summed E-state index contributed by atoms with van der Waals surface area (Å²) in [4.78, 5) is 0. The van der Waals surface area contributed by atoms with Gasteiger partial charge >= 0.3 is 0 Å². The normalized spacial score (nSPS) is 14.5. The first-order chi connectivity index (χ1) is 4.95. The highest BCUT2D eigenvalue weighted by Gasteiger charge is 2.02. The Hall–Kier alpha value is -0.560. The molecular formula is C10H19N. The average molecular weight is 153 g/mol. The first-order valence-electron chi connectivity index (χ1n) is 4.02. The predicted molar refractivity (Wildman–Crippen MR) is 51.4 cm³/mol. The van der Waals surface area contributed by atoms with Gasteiger partial charge < -0.3 is 5.73 Å². The van der Waals surface area contributed by atoms with Gasteiger partial charge in [-0.25, -0.2) is 0 Å². The van der Waals surface area contributed by atoms with Gasteiger partial charge in [0.05, 0.1) is 0 Å². The monoisotopic (exact) mass is 153 g/mol. The summed E-state index contributed by atoms with van der Waals surface area (Å²) in [6.07, 6.45) is 6.32. The fourth-order valence-corrected chi connectivity index (χ4v) is 0.635. The minimum atomic E-state index is 0.268. The molecule has 0 saturated heterocycles. The lowest BCUT2D eigenvalue weighted by Gasteiger charge is -2.10. The third-order valence-corrected chi connectivity index (χ3v) is 1.29. The van der Waals surface area contributed by atoms with Crippen molar-refractivity contribution < 1.29 is 0 Å². The van der Waals surface area contributed by atoms with Crippen LogP contribution in [-0.4, -0.2) is 6.54 Å². The van der Waals surface area contributed by atoms with Crippen LogP contribution in [0.5, 0.6) is 0 Å². The summed E-state index contributed by atoms with van der Waals surface area (Å²) in [5.74, 6) is 0. The molecule has 0 atom stereocenters. The van der Waals surface area contributed by atoms with Crippen molar-refractivity contribution in [3.63, 3.8) is 0 Å². The summed E-state index contributed by atoms with van der Waals surface area (Å²) in [5.41, 5.74) is 6.86. The molecule has 64 valence electrons. The number of hydrogen-bond acceptors (Lipinski definition) is 1. The molecule has 0 radical (unpaired) electrons. The topological polar surface area (TPSA) is 26.0 Å². The highest BCUT2D eigenvalue weighted by molar-refractivity contribution is 5.17. The van der Waals surface area contributed by atoms with E-state index in [1.165, 1.54) is 5.57 Å². The first-order valence-corrected chi connectivity index (χ1v) is 4.02. The van der Waals surface area contributed by atoms with Crippen LogP contribution in [0.2, 0.25) is 0 Å². The second-order valence-electron chi connectivity index (χ2n) is 3.88. The van der Waals surface area contributed by atoms with E-state index >= 15 is 0 Å². The van der Waals surface area contributed by atoms with Gasteiger partial charge in [-0.2, -0.15) is 0 Å². The van der Waals surface area contributed by atoms with Gasteiger partial charge in [0.2, 0.25) is 0 Å². The number of rotatable bonds is 2. The molecule has 0 aliphatic carbocycles. The summed E-state index contributed by atoms with van der Waals surface area (Å²) < 4.78 is 0. The summed E-state index contributed by atoms with van der Waals surface area (Å²) in [6, 6.07) is 0. The van der Waals surface area contributed by atoms with Crippen LogP contribution in [0.15, 0.2) is 23.8 Å². The van der Waals surface area contributed by atoms with Gasteiger partial charge in [-0.05, 0) is 12.3 Å². The van der Waals surface area contributed by atoms with E-state index in [1.807, 2.05) is 6.08 Å². The molecule has 0 amide bonds. The van der Waals surface area contributed by atoms with Crippen molar-refractivity contribution in [2.75, 3.05) is 6.54 Å². The molecule has 0 aromatic carbocycles. The zero-order chi connectivity index (χ0) is 8.91. The van der Waals surface area contributed by atoms with Crippen LogP contribution >= 0.6 is 0 Å². The van der Waals surface area contributed by atoms with Gasteiger partial charge in [-0.3, -0.25) is 0 Å². The predicted octanol–water partition coefficient (Wildman–Crippen LogP) is 2.49. The molecule has 0 unspecified atom stereocenters. The molecule has 11 heavy (non-hydrogen) atoms. The van der Waals surface area contributed by atoms with Crippen molar-refractivity contribution in [3.8, 4) is 0 Å². The lowest BCUT2D eigenvalue weighted by molar-refractivity contribution is 0.544. The van der Waals surface area contributed by atoms with Crippen LogP contribution in [0.4, 0.5) is 0 Å². The van der Waals surface area contributed by atoms with E-state index < -0.39 is 0 Å². The average Bonchev–Trinajstić information content (AvgIpc) is 1.83. The fraction of sp³-hybridized carbons (Fsp3) is 0.600. The van der Waals surface area contributed by atoms with Gasteiger partial charge in [-0.15, -0.1) is 0 Å². The van der Waals surface area contributed by atoms with Crippen LogP contribution in [0.1, 0.15) is 27.7 Å². The Bertz CT molecular complexity index is 158. The van der Waals surface area contributed by atoms with Crippen LogP contribution in [-0.2, 0) is 0 Å². The van der Waals surface area contributed by atoms with Crippen molar-refractivity contribution in [2.45, 2.75) is 27.7 Å². The van der Waals surface area contributed by atoms with Crippen LogP contribution in [0, 0.1) is 5.41 Å². The maximum absolute atomic E-state index is 5.36. The molecule has 2 N–H and O–H groups in total. The Balaban J connectivity index is 4.03. The van der Waals surface area contributed by atoms with Crippen LogP contribution < -0.4 is 5.73 Å². The second-order valence-corrected chi connectivity index (χ2v) is 3.88. The lowest BCUT2D eigenvalue weighted by Crippen LogP contribution is -1.99. The number of hydrogen-bond donors (Lipinski definition) is 1. The van der Waals surface area contributed by atoms with E-state index in [0.29, 0.717) is 6.54 Å². The molecule has 0 aromatic heterocycles. The molecule has 0 spiro atoms. The quantitative estimate of drug-likeness (QED) is 0.606. The molecule has 0 aliphatic rings. The van der Waals surface area contributed by atoms with Gasteiger partial charge in [0.1, 0.15) is 0 Å². The summed E-state index contributed by atoms with van der Waals surface area (Å²) >= 11 is 0. The highest BCUT2D eigenvalue weighted by atomic mass is 14.5. The van der Waals surface area contributed by atoms with E-state index in [2.05, 4.69) is 39.8 Å². The highest BCUT2D eigenvalue weighted by Crippen LogP contribution is 2.15. The number of nitrogens with two attached hydrogens (primary N) is 1. The molecule has 0 saturated carbocycles. The standard InChI is InChI=1S/C10H19N/c1-9(6-8-11)5-7-10(2,3)4/h5-7H,8,11H2,1-4H3/b7-5-,9-6-. The van der Waals surface area contributed by atoms with Gasteiger partial charge in [0.25, 0.3) is 0 Å². The maximum atomic E-state index is 5.36. The third kappa shape index (κ3) is 7.34. The smallest absolute Gasteiger partial charge is 0.0112 e. The van der Waals surface area contributed by atoms with Crippen molar-refractivity contribution in [3.05, 3.63) is 23.8 Å². The minimum Gasteiger partial charge on any atom is -0.327 e. The summed E-state index contributed by atoms with van der Waals surface area (Å²) in [5, 5.41) is 0. The fourth-order valence-electron chi connectivity index (χ4n) is 0.635. The first kappa shape index (κ1) is 10.4. The molecular weight excluding hydrogens is 134 g/mol. The minimum absolute atomic E-state index is 0.268. The zero-order valence-corrected chi connectivity index (χ0v) is 8.02. The molecule has 0 rings (SSSR count).